The fourth-order valence-electron chi connectivity index (χ4n) is 2.34. The molecule has 0 unspecified atom stereocenters. The number of nitrogens with zero attached hydrogens (tertiary/aromatic N) is 3. The highest BCUT2D eigenvalue weighted by Crippen LogP contribution is 2.04. The molecular formula is C18H21N5O6. The lowest BCUT2D eigenvalue weighted by Crippen LogP contribution is -2.42. The molecule has 0 aliphatic carbocycles. The molecule has 4 N–H and O–H groups in total. The highest BCUT2D eigenvalue weighted by Gasteiger charge is 2.17. The van der Waals surface area contributed by atoms with E-state index in [1.807, 2.05) is 18.2 Å². The van der Waals surface area contributed by atoms with E-state index in [1.165, 1.54) is 12.3 Å². The molecule has 0 fully saturated rings. The van der Waals surface area contributed by atoms with Crippen LogP contribution in [0.15, 0.2) is 47.4 Å². The number of hydrogen-bond acceptors (Lipinski definition) is 7. The molecule has 2 amide bonds. The Hall–Kier alpha value is -3.73. The van der Waals surface area contributed by atoms with Crippen LogP contribution in [0, 0.1) is 0 Å². The minimum Gasteiger partial charge on any atom is -0.480 e. The van der Waals surface area contributed by atoms with E-state index in [4.69, 9.17) is 15.6 Å². The quantitative estimate of drug-likeness (QED) is 0.522. The minimum absolute atomic E-state index is 0.0406. The summed E-state index contributed by atoms with van der Waals surface area (Å²) in [6.45, 7) is -0.748. The first-order chi connectivity index (χ1) is 13.9. The molecule has 0 saturated heterocycles. The number of carboxylic acid groups (broad SMARTS) is 1. The zero-order chi connectivity index (χ0) is 21.2. The summed E-state index contributed by atoms with van der Waals surface area (Å²) in [6.07, 6.45) is 0.478. The smallest absolute Gasteiger partial charge is 0.413 e. The summed E-state index contributed by atoms with van der Waals surface area (Å²) in [5.74, 6) is -1.82. The van der Waals surface area contributed by atoms with Crippen molar-refractivity contribution in [2.24, 2.45) is 5.73 Å². The number of carboxylic acids is 1. The van der Waals surface area contributed by atoms with Gasteiger partial charge in [-0.25, -0.2) is 9.59 Å². The van der Waals surface area contributed by atoms with Crippen LogP contribution < -0.4 is 16.7 Å². The first kappa shape index (κ1) is 21.6. The third-order valence-corrected chi connectivity index (χ3v) is 3.70. The van der Waals surface area contributed by atoms with Crippen molar-refractivity contribution in [2.45, 2.75) is 13.2 Å². The van der Waals surface area contributed by atoms with Crippen LogP contribution in [0.3, 0.4) is 0 Å². The van der Waals surface area contributed by atoms with Crippen LogP contribution in [-0.2, 0) is 27.5 Å². The number of anilines is 1. The van der Waals surface area contributed by atoms with Gasteiger partial charge in [-0.2, -0.15) is 4.98 Å². The Bertz CT molecular complexity index is 914. The Kier molecular flexibility index (Phi) is 7.86. The summed E-state index contributed by atoms with van der Waals surface area (Å²) in [5, 5.41) is 11.2. The number of nitrogens with one attached hydrogen (secondary N) is 1. The number of ether oxygens (including phenoxy) is 1. The van der Waals surface area contributed by atoms with Gasteiger partial charge in [-0.05, 0) is 11.6 Å². The molecule has 0 aliphatic heterocycles. The number of amides is 2. The molecule has 11 heteroatoms. The van der Waals surface area contributed by atoms with Gasteiger partial charge in [0, 0.05) is 19.3 Å². The van der Waals surface area contributed by atoms with Crippen molar-refractivity contribution in [1.29, 1.82) is 0 Å². The van der Waals surface area contributed by atoms with Gasteiger partial charge in [0.2, 0.25) is 5.91 Å². The Morgan fingerprint density at radius 2 is 1.93 bits per heavy atom. The number of aromatic nitrogens is 2. The van der Waals surface area contributed by atoms with Gasteiger partial charge in [-0.3, -0.25) is 19.5 Å². The molecular weight excluding hydrogens is 382 g/mol. The van der Waals surface area contributed by atoms with E-state index < -0.39 is 36.7 Å². The summed E-state index contributed by atoms with van der Waals surface area (Å²) < 4.78 is 6.03. The zero-order valence-corrected chi connectivity index (χ0v) is 15.5. The normalized spacial score (nSPS) is 10.2. The molecule has 0 saturated carbocycles. The fraction of sp³-hybridized carbons (Fsp3) is 0.278. The average Bonchev–Trinajstić information content (AvgIpc) is 2.68. The van der Waals surface area contributed by atoms with E-state index in [1.54, 1.807) is 12.1 Å². The highest BCUT2D eigenvalue weighted by molar-refractivity contribution is 5.83. The van der Waals surface area contributed by atoms with Gasteiger partial charge in [0.1, 0.15) is 25.5 Å². The van der Waals surface area contributed by atoms with Crippen LogP contribution in [0.5, 0.6) is 0 Å². The SMILES string of the molecule is NCCN(CC(=O)O)C(=O)Cn1ccc(NC(=O)OCc2ccccc2)nc1=O. The van der Waals surface area contributed by atoms with Crippen molar-refractivity contribution in [3.63, 3.8) is 0 Å². The third kappa shape index (κ3) is 7.07. The van der Waals surface area contributed by atoms with Gasteiger partial charge in [0.05, 0.1) is 0 Å². The molecule has 2 rings (SSSR count). The second kappa shape index (κ2) is 10.6. The lowest BCUT2D eigenvalue weighted by Gasteiger charge is -2.20. The fourth-order valence-corrected chi connectivity index (χ4v) is 2.34. The second-order valence-corrected chi connectivity index (χ2v) is 5.91. The van der Waals surface area contributed by atoms with Crippen molar-refractivity contribution in [3.8, 4) is 0 Å². The van der Waals surface area contributed by atoms with Crippen molar-refractivity contribution in [1.82, 2.24) is 14.5 Å². The molecule has 0 aliphatic rings. The van der Waals surface area contributed by atoms with Gasteiger partial charge in [0.15, 0.2) is 0 Å². The molecule has 1 heterocycles. The number of rotatable bonds is 9. The maximum Gasteiger partial charge on any atom is 0.413 e. The molecule has 1 aromatic carbocycles. The number of nitrogens with two attached hydrogens (primary N) is 1. The Morgan fingerprint density at radius 1 is 1.21 bits per heavy atom. The molecule has 2 aromatic rings. The van der Waals surface area contributed by atoms with E-state index in [-0.39, 0.29) is 25.5 Å². The van der Waals surface area contributed by atoms with E-state index in [2.05, 4.69) is 10.3 Å². The summed E-state index contributed by atoms with van der Waals surface area (Å²) in [6, 6.07) is 10.4. The first-order valence-electron chi connectivity index (χ1n) is 8.64. The lowest BCUT2D eigenvalue weighted by molar-refractivity contribution is -0.144. The van der Waals surface area contributed by atoms with Gasteiger partial charge in [-0.15, -0.1) is 0 Å². The van der Waals surface area contributed by atoms with Gasteiger partial charge in [0.25, 0.3) is 0 Å². The van der Waals surface area contributed by atoms with Crippen molar-refractivity contribution in [3.05, 3.63) is 58.6 Å². The molecule has 0 bridgehead atoms. The minimum atomic E-state index is -1.19. The monoisotopic (exact) mass is 403 g/mol. The third-order valence-electron chi connectivity index (χ3n) is 3.70. The highest BCUT2D eigenvalue weighted by atomic mass is 16.5. The summed E-state index contributed by atoms with van der Waals surface area (Å²) in [5.41, 5.74) is 5.38. The predicted octanol–water partition coefficient (Wildman–Crippen LogP) is -0.136. The molecule has 0 atom stereocenters. The molecule has 0 spiro atoms. The van der Waals surface area contributed by atoms with Gasteiger partial charge >= 0.3 is 17.8 Å². The van der Waals surface area contributed by atoms with Crippen molar-refractivity contribution >= 4 is 23.8 Å². The van der Waals surface area contributed by atoms with Gasteiger partial charge < -0.3 is 20.5 Å². The van der Waals surface area contributed by atoms with E-state index in [0.717, 1.165) is 15.0 Å². The summed E-state index contributed by atoms with van der Waals surface area (Å²) in [4.78, 5) is 51.6. The molecule has 29 heavy (non-hydrogen) atoms. The molecule has 11 nitrogen and oxygen atoms in total. The van der Waals surface area contributed by atoms with Crippen LogP contribution >= 0.6 is 0 Å². The lowest BCUT2D eigenvalue weighted by atomic mass is 10.2. The first-order valence-corrected chi connectivity index (χ1v) is 8.64. The van der Waals surface area contributed by atoms with Crippen LogP contribution in [-0.4, -0.2) is 57.2 Å². The molecule has 154 valence electrons. The van der Waals surface area contributed by atoms with E-state index in [9.17, 15) is 19.2 Å². The Labute approximate surface area is 165 Å². The standard InChI is InChI=1S/C18H21N5O6/c19-7-9-22(11-16(25)26)15(24)10-23-8-6-14(20-17(23)27)21-18(28)29-12-13-4-2-1-3-5-13/h1-6,8H,7,9-12,19H2,(H,25,26)(H,20,21,27,28). The molecule has 1 aromatic heterocycles. The Morgan fingerprint density at radius 3 is 2.55 bits per heavy atom. The number of hydrogen-bond donors (Lipinski definition) is 3. The van der Waals surface area contributed by atoms with E-state index in [0.29, 0.717) is 0 Å². The van der Waals surface area contributed by atoms with Crippen LogP contribution in [0.2, 0.25) is 0 Å². The number of aliphatic carboxylic acids is 1. The second-order valence-electron chi connectivity index (χ2n) is 5.91. The van der Waals surface area contributed by atoms with Gasteiger partial charge in [-0.1, -0.05) is 30.3 Å². The average molecular weight is 403 g/mol. The summed E-state index contributed by atoms with van der Waals surface area (Å²) >= 11 is 0. The van der Waals surface area contributed by atoms with Crippen molar-refractivity contribution in [2.75, 3.05) is 25.0 Å². The van der Waals surface area contributed by atoms with Crippen LogP contribution in [0.1, 0.15) is 5.56 Å². The number of carbonyl (C=O) groups is 3. The van der Waals surface area contributed by atoms with E-state index >= 15 is 0 Å². The molecule has 0 radical (unpaired) electrons. The van der Waals surface area contributed by atoms with Crippen molar-refractivity contribution < 1.29 is 24.2 Å². The predicted molar refractivity (Wildman–Crippen MR) is 102 cm³/mol. The zero-order valence-electron chi connectivity index (χ0n) is 15.5. The number of benzene rings is 1. The Balaban J connectivity index is 1.95. The largest absolute Gasteiger partial charge is 0.480 e. The van der Waals surface area contributed by atoms with Crippen LogP contribution in [0.4, 0.5) is 10.6 Å². The maximum absolute atomic E-state index is 12.2. The summed E-state index contributed by atoms with van der Waals surface area (Å²) in [7, 11) is 0. The van der Waals surface area contributed by atoms with Crippen LogP contribution in [0.25, 0.3) is 0 Å². The maximum atomic E-state index is 12.2. The number of carbonyl (C=O) groups excluding carboxylic acids is 2. The topological polar surface area (TPSA) is 157 Å².